The molecule has 1 atom stereocenters. The highest BCUT2D eigenvalue weighted by Crippen LogP contribution is 2.27. The topological polar surface area (TPSA) is 72.9 Å². The normalized spacial score (nSPS) is 18.2. The Bertz CT molecular complexity index is 382. The number of rotatable bonds is 4. The fraction of sp³-hybridized carbons (Fsp3) is 0.667. The van der Waals surface area contributed by atoms with Crippen LogP contribution in [-0.4, -0.2) is 28.0 Å². The van der Waals surface area contributed by atoms with E-state index in [9.17, 15) is 4.79 Å². The Labute approximate surface area is 101 Å². The van der Waals surface area contributed by atoms with E-state index >= 15 is 0 Å². The lowest BCUT2D eigenvalue weighted by molar-refractivity contribution is 0.0916. The van der Waals surface area contributed by atoms with E-state index in [0.717, 1.165) is 0 Å². The van der Waals surface area contributed by atoms with E-state index in [0.29, 0.717) is 18.2 Å². The van der Waals surface area contributed by atoms with Crippen LogP contribution in [0.1, 0.15) is 36.2 Å². The lowest BCUT2D eigenvalue weighted by Crippen LogP contribution is -2.45. The van der Waals surface area contributed by atoms with Crippen molar-refractivity contribution in [3.05, 3.63) is 18.2 Å². The molecule has 1 aliphatic carbocycles. The molecule has 1 saturated carbocycles. The Morgan fingerprint density at radius 3 is 2.88 bits per heavy atom. The van der Waals surface area contributed by atoms with E-state index in [1.165, 1.54) is 25.7 Å². The maximum Gasteiger partial charge on any atom is 0.269 e. The highest BCUT2D eigenvalue weighted by Gasteiger charge is 2.26. The Kier molecular flexibility index (Phi) is 3.78. The first-order valence-electron chi connectivity index (χ1n) is 6.19. The molecule has 1 fully saturated rings. The number of aryl methyl sites for hydroxylation is 1. The van der Waals surface area contributed by atoms with Crippen LogP contribution in [0.15, 0.2) is 12.5 Å². The summed E-state index contributed by atoms with van der Waals surface area (Å²) in [5.41, 5.74) is 6.34. The van der Waals surface area contributed by atoms with Gasteiger partial charge in [-0.05, 0) is 18.8 Å². The third-order valence-corrected chi connectivity index (χ3v) is 3.59. The molecule has 1 aromatic rings. The zero-order chi connectivity index (χ0) is 12.3. The molecular formula is C12H20N4O. The number of amides is 1. The number of aromatic nitrogens is 2. The molecule has 5 nitrogen and oxygen atoms in total. The van der Waals surface area contributed by atoms with Crippen molar-refractivity contribution in [2.24, 2.45) is 18.7 Å². The van der Waals surface area contributed by atoms with E-state index in [2.05, 4.69) is 10.3 Å². The second kappa shape index (κ2) is 5.31. The molecule has 0 spiro atoms. The minimum atomic E-state index is -0.0765. The monoisotopic (exact) mass is 236 g/mol. The lowest BCUT2D eigenvalue weighted by Gasteiger charge is -2.23. The van der Waals surface area contributed by atoms with Gasteiger partial charge in [-0.25, -0.2) is 4.98 Å². The van der Waals surface area contributed by atoms with Gasteiger partial charge in [0.2, 0.25) is 0 Å². The van der Waals surface area contributed by atoms with Crippen LogP contribution in [0.3, 0.4) is 0 Å². The summed E-state index contributed by atoms with van der Waals surface area (Å²) in [5, 5.41) is 3.03. The molecule has 0 aromatic carbocycles. The number of nitrogens with two attached hydrogens (primary N) is 1. The third-order valence-electron chi connectivity index (χ3n) is 3.59. The first-order valence-corrected chi connectivity index (χ1v) is 6.19. The van der Waals surface area contributed by atoms with Crippen LogP contribution in [-0.2, 0) is 7.05 Å². The van der Waals surface area contributed by atoms with Gasteiger partial charge in [0.05, 0.1) is 12.5 Å². The van der Waals surface area contributed by atoms with E-state index < -0.39 is 0 Å². The van der Waals surface area contributed by atoms with Gasteiger partial charge in [-0.3, -0.25) is 4.79 Å². The molecule has 5 heteroatoms. The number of carbonyl (C=O) groups excluding carboxylic acids is 1. The van der Waals surface area contributed by atoms with E-state index in [1.807, 2.05) is 7.05 Å². The Hall–Kier alpha value is -1.36. The summed E-state index contributed by atoms with van der Waals surface area (Å²) >= 11 is 0. The van der Waals surface area contributed by atoms with Crippen molar-refractivity contribution < 1.29 is 4.79 Å². The van der Waals surface area contributed by atoms with Crippen LogP contribution in [0, 0.1) is 5.92 Å². The van der Waals surface area contributed by atoms with Crippen molar-refractivity contribution in [3.8, 4) is 0 Å². The molecule has 94 valence electrons. The number of nitrogens with zero attached hydrogens (tertiary/aromatic N) is 2. The Balaban J connectivity index is 1.99. The largest absolute Gasteiger partial charge is 0.346 e. The smallest absolute Gasteiger partial charge is 0.269 e. The number of nitrogens with one attached hydrogen (secondary N) is 1. The number of hydrogen-bond acceptors (Lipinski definition) is 3. The van der Waals surface area contributed by atoms with Crippen LogP contribution in [0.25, 0.3) is 0 Å². The second-order valence-electron chi connectivity index (χ2n) is 4.75. The summed E-state index contributed by atoms with van der Waals surface area (Å²) < 4.78 is 1.72. The Morgan fingerprint density at radius 1 is 1.65 bits per heavy atom. The fourth-order valence-corrected chi connectivity index (χ4v) is 2.55. The van der Waals surface area contributed by atoms with Gasteiger partial charge < -0.3 is 15.6 Å². The van der Waals surface area contributed by atoms with E-state index in [1.54, 1.807) is 17.1 Å². The van der Waals surface area contributed by atoms with Gasteiger partial charge in [0, 0.05) is 19.6 Å². The molecule has 2 rings (SSSR count). The average molecular weight is 236 g/mol. The molecule has 1 aliphatic rings. The molecule has 1 heterocycles. The first-order chi connectivity index (χ1) is 8.22. The predicted octanol–water partition coefficient (Wildman–Crippen LogP) is 0.667. The SMILES string of the molecule is Cn1cncc1C(=O)NC(CN)C1CCCC1. The molecule has 1 unspecified atom stereocenters. The quantitative estimate of drug-likeness (QED) is 0.807. The van der Waals surface area contributed by atoms with E-state index in [4.69, 9.17) is 5.73 Å². The summed E-state index contributed by atoms with van der Waals surface area (Å²) in [6.45, 7) is 0.508. The average Bonchev–Trinajstić information content (AvgIpc) is 2.96. The minimum Gasteiger partial charge on any atom is -0.346 e. The molecule has 0 bridgehead atoms. The molecule has 1 aromatic heterocycles. The third kappa shape index (κ3) is 2.66. The molecule has 1 amide bonds. The Morgan fingerprint density at radius 2 is 2.35 bits per heavy atom. The van der Waals surface area contributed by atoms with Crippen LogP contribution in [0.2, 0.25) is 0 Å². The van der Waals surface area contributed by atoms with Gasteiger partial charge in [0.1, 0.15) is 5.69 Å². The highest BCUT2D eigenvalue weighted by atomic mass is 16.2. The van der Waals surface area contributed by atoms with Crippen molar-refractivity contribution in [2.75, 3.05) is 6.54 Å². The lowest BCUT2D eigenvalue weighted by atomic mass is 9.98. The fourth-order valence-electron chi connectivity index (χ4n) is 2.55. The molecule has 0 radical (unpaired) electrons. The van der Waals surface area contributed by atoms with Gasteiger partial charge in [0.15, 0.2) is 0 Å². The van der Waals surface area contributed by atoms with Crippen molar-refractivity contribution in [1.82, 2.24) is 14.9 Å². The summed E-state index contributed by atoms with van der Waals surface area (Å²) in [6.07, 6.45) is 8.06. The maximum atomic E-state index is 12.0. The van der Waals surface area contributed by atoms with Gasteiger partial charge in [-0.15, -0.1) is 0 Å². The maximum absolute atomic E-state index is 12.0. The van der Waals surface area contributed by atoms with Gasteiger partial charge in [-0.2, -0.15) is 0 Å². The van der Waals surface area contributed by atoms with Crippen LogP contribution >= 0.6 is 0 Å². The van der Waals surface area contributed by atoms with E-state index in [-0.39, 0.29) is 11.9 Å². The summed E-state index contributed by atoms with van der Waals surface area (Å²) in [6, 6.07) is 0.0971. The zero-order valence-corrected chi connectivity index (χ0v) is 10.2. The molecular weight excluding hydrogens is 216 g/mol. The van der Waals surface area contributed by atoms with Gasteiger partial charge in [0.25, 0.3) is 5.91 Å². The standard InChI is InChI=1S/C12H20N4O/c1-16-8-14-7-11(16)12(17)15-10(6-13)9-4-2-3-5-9/h7-10H,2-6,13H2,1H3,(H,15,17). The number of carbonyl (C=O) groups is 1. The summed E-state index contributed by atoms with van der Waals surface area (Å²) in [4.78, 5) is 16.0. The van der Waals surface area contributed by atoms with Crippen LogP contribution in [0.5, 0.6) is 0 Å². The summed E-state index contributed by atoms with van der Waals surface area (Å²) in [7, 11) is 1.81. The van der Waals surface area contributed by atoms with Crippen LogP contribution < -0.4 is 11.1 Å². The van der Waals surface area contributed by atoms with Gasteiger partial charge in [-0.1, -0.05) is 12.8 Å². The molecule has 0 saturated heterocycles. The second-order valence-corrected chi connectivity index (χ2v) is 4.75. The zero-order valence-electron chi connectivity index (χ0n) is 10.2. The van der Waals surface area contributed by atoms with Crippen molar-refractivity contribution >= 4 is 5.91 Å². The van der Waals surface area contributed by atoms with Crippen molar-refractivity contribution in [3.63, 3.8) is 0 Å². The molecule has 17 heavy (non-hydrogen) atoms. The minimum absolute atomic E-state index is 0.0765. The highest BCUT2D eigenvalue weighted by molar-refractivity contribution is 5.92. The predicted molar refractivity (Wildman–Crippen MR) is 65.5 cm³/mol. The van der Waals surface area contributed by atoms with Crippen LogP contribution in [0.4, 0.5) is 0 Å². The number of hydrogen-bond donors (Lipinski definition) is 2. The first kappa shape index (κ1) is 12.1. The number of imidazole rings is 1. The molecule has 0 aliphatic heterocycles. The van der Waals surface area contributed by atoms with Crippen molar-refractivity contribution in [1.29, 1.82) is 0 Å². The van der Waals surface area contributed by atoms with Crippen molar-refractivity contribution in [2.45, 2.75) is 31.7 Å². The summed E-state index contributed by atoms with van der Waals surface area (Å²) in [5.74, 6) is 0.463. The molecule has 3 N–H and O–H groups in total. The van der Waals surface area contributed by atoms with Gasteiger partial charge >= 0.3 is 0 Å².